The quantitative estimate of drug-likeness (QED) is 0.744. The van der Waals surface area contributed by atoms with E-state index in [9.17, 15) is 4.79 Å². The fourth-order valence-electron chi connectivity index (χ4n) is 2.44. The summed E-state index contributed by atoms with van der Waals surface area (Å²) in [6, 6.07) is 13.7. The monoisotopic (exact) mass is 279 g/mol. The molecular weight excluding hydrogens is 262 g/mol. The van der Waals surface area contributed by atoms with E-state index in [2.05, 4.69) is 5.32 Å². The lowest BCUT2D eigenvalue weighted by Gasteiger charge is -2.08. The van der Waals surface area contributed by atoms with Crippen molar-refractivity contribution in [3.8, 4) is 0 Å². The molecule has 0 aliphatic carbocycles. The van der Waals surface area contributed by atoms with Gasteiger partial charge in [0.05, 0.1) is 0 Å². The third kappa shape index (κ3) is 2.42. The van der Waals surface area contributed by atoms with Gasteiger partial charge in [-0.15, -0.1) is 0 Å². The van der Waals surface area contributed by atoms with Crippen LogP contribution in [0.5, 0.6) is 0 Å². The second-order valence-electron chi connectivity index (χ2n) is 5.32. The van der Waals surface area contributed by atoms with Gasteiger partial charge < -0.3 is 9.73 Å². The largest absolute Gasteiger partial charge is 0.451 e. The Hall–Kier alpha value is -2.55. The molecule has 1 amide bonds. The van der Waals surface area contributed by atoms with Crippen LogP contribution in [0, 0.1) is 20.8 Å². The van der Waals surface area contributed by atoms with E-state index in [0.717, 1.165) is 33.3 Å². The number of carbonyl (C=O) groups excluding carboxylic acids is 1. The number of benzene rings is 2. The summed E-state index contributed by atoms with van der Waals surface area (Å²) in [7, 11) is 0. The third-order valence-corrected chi connectivity index (χ3v) is 3.69. The molecule has 0 radical (unpaired) electrons. The molecule has 0 spiro atoms. The SMILES string of the molecule is Cc1ccc(C)c(NC(=O)c2oc3ccccc3c2C)c1. The fourth-order valence-corrected chi connectivity index (χ4v) is 2.44. The minimum atomic E-state index is -0.211. The molecule has 0 aliphatic heterocycles. The van der Waals surface area contributed by atoms with E-state index >= 15 is 0 Å². The van der Waals surface area contributed by atoms with E-state index in [1.165, 1.54) is 0 Å². The highest BCUT2D eigenvalue weighted by Crippen LogP contribution is 2.26. The molecule has 1 aromatic heterocycles. The summed E-state index contributed by atoms with van der Waals surface area (Å²) in [6.45, 7) is 5.88. The van der Waals surface area contributed by atoms with Crippen LogP contribution in [0.4, 0.5) is 5.69 Å². The Morgan fingerprint density at radius 3 is 2.57 bits per heavy atom. The molecule has 0 saturated heterocycles. The van der Waals surface area contributed by atoms with Crippen molar-refractivity contribution in [1.29, 1.82) is 0 Å². The molecule has 21 heavy (non-hydrogen) atoms. The van der Waals surface area contributed by atoms with Crippen LogP contribution in [0.3, 0.4) is 0 Å². The van der Waals surface area contributed by atoms with Crippen molar-refractivity contribution in [3.63, 3.8) is 0 Å². The Bertz CT molecular complexity index is 830. The van der Waals surface area contributed by atoms with Crippen molar-refractivity contribution in [2.45, 2.75) is 20.8 Å². The van der Waals surface area contributed by atoms with Gasteiger partial charge in [0, 0.05) is 16.6 Å². The van der Waals surface area contributed by atoms with Crippen LogP contribution in [-0.2, 0) is 0 Å². The van der Waals surface area contributed by atoms with Gasteiger partial charge in [-0.2, -0.15) is 0 Å². The molecule has 0 bridgehead atoms. The van der Waals surface area contributed by atoms with Gasteiger partial charge >= 0.3 is 0 Å². The van der Waals surface area contributed by atoms with Gasteiger partial charge in [-0.25, -0.2) is 0 Å². The smallest absolute Gasteiger partial charge is 0.291 e. The van der Waals surface area contributed by atoms with Gasteiger partial charge in [0.2, 0.25) is 0 Å². The van der Waals surface area contributed by atoms with Crippen LogP contribution in [0.25, 0.3) is 11.0 Å². The minimum absolute atomic E-state index is 0.211. The van der Waals surface area contributed by atoms with Crippen molar-refractivity contribution in [2.75, 3.05) is 5.32 Å². The number of carbonyl (C=O) groups is 1. The van der Waals surface area contributed by atoms with Crippen LogP contribution < -0.4 is 5.32 Å². The lowest BCUT2D eigenvalue weighted by Crippen LogP contribution is -2.13. The maximum absolute atomic E-state index is 12.5. The maximum atomic E-state index is 12.5. The number of hydrogen-bond donors (Lipinski definition) is 1. The van der Waals surface area contributed by atoms with Crippen LogP contribution in [0.2, 0.25) is 0 Å². The number of rotatable bonds is 2. The van der Waals surface area contributed by atoms with E-state index in [4.69, 9.17) is 4.42 Å². The number of furan rings is 1. The molecule has 0 saturated carbocycles. The predicted molar refractivity (Wildman–Crippen MR) is 84.8 cm³/mol. The summed E-state index contributed by atoms with van der Waals surface area (Å²) in [6.07, 6.45) is 0. The number of para-hydroxylation sites is 1. The lowest BCUT2D eigenvalue weighted by molar-refractivity contribution is 0.0998. The fraction of sp³-hybridized carbons (Fsp3) is 0.167. The lowest BCUT2D eigenvalue weighted by atomic mass is 10.1. The van der Waals surface area contributed by atoms with Gasteiger partial charge in [-0.3, -0.25) is 4.79 Å². The molecule has 0 atom stereocenters. The Balaban J connectivity index is 1.97. The molecule has 3 heteroatoms. The van der Waals surface area contributed by atoms with Gasteiger partial charge in [0.25, 0.3) is 5.91 Å². The summed E-state index contributed by atoms with van der Waals surface area (Å²) in [5, 5.41) is 3.91. The first-order valence-electron chi connectivity index (χ1n) is 6.93. The van der Waals surface area contributed by atoms with E-state index < -0.39 is 0 Å². The van der Waals surface area contributed by atoms with Crippen molar-refractivity contribution in [1.82, 2.24) is 0 Å². The van der Waals surface area contributed by atoms with Crippen LogP contribution in [0.1, 0.15) is 27.2 Å². The second-order valence-corrected chi connectivity index (χ2v) is 5.32. The van der Waals surface area contributed by atoms with Crippen LogP contribution in [0.15, 0.2) is 46.9 Å². The van der Waals surface area contributed by atoms with Gasteiger partial charge in [-0.1, -0.05) is 30.3 Å². The second kappa shape index (κ2) is 5.09. The number of anilines is 1. The summed E-state index contributed by atoms with van der Waals surface area (Å²) >= 11 is 0. The van der Waals surface area contributed by atoms with Gasteiger partial charge in [-0.05, 0) is 44.0 Å². The average Bonchev–Trinajstić information content (AvgIpc) is 2.81. The molecule has 1 N–H and O–H groups in total. The topological polar surface area (TPSA) is 42.2 Å². The molecule has 0 aliphatic rings. The molecular formula is C18H17NO2. The number of aryl methyl sites for hydroxylation is 3. The maximum Gasteiger partial charge on any atom is 0.291 e. The number of fused-ring (bicyclic) bond motifs is 1. The minimum Gasteiger partial charge on any atom is -0.451 e. The first-order chi connectivity index (χ1) is 10.1. The Kier molecular flexibility index (Phi) is 3.26. The summed E-state index contributed by atoms with van der Waals surface area (Å²) in [5.74, 6) is 0.162. The van der Waals surface area contributed by atoms with Crippen molar-refractivity contribution in [3.05, 3.63) is 64.9 Å². The first kappa shape index (κ1) is 13.4. The molecule has 3 nitrogen and oxygen atoms in total. The zero-order valence-corrected chi connectivity index (χ0v) is 12.4. The standard InChI is InChI=1S/C18H17NO2/c1-11-8-9-12(2)15(10-11)19-18(20)17-13(3)14-6-4-5-7-16(14)21-17/h4-10H,1-3H3,(H,19,20). The Morgan fingerprint density at radius 1 is 1.05 bits per heavy atom. The molecule has 0 unspecified atom stereocenters. The average molecular weight is 279 g/mol. The van der Waals surface area contributed by atoms with Gasteiger partial charge in [0.15, 0.2) is 5.76 Å². The Labute approximate surface area is 123 Å². The van der Waals surface area contributed by atoms with Crippen molar-refractivity contribution < 1.29 is 9.21 Å². The van der Waals surface area contributed by atoms with Crippen molar-refractivity contribution >= 4 is 22.6 Å². The molecule has 106 valence electrons. The van der Waals surface area contributed by atoms with Crippen LogP contribution >= 0.6 is 0 Å². The highest BCUT2D eigenvalue weighted by molar-refractivity contribution is 6.06. The zero-order chi connectivity index (χ0) is 15.0. The van der Waals surface area contributed by atoms with E-state index in [1.807, 2.05) is 63.2 Å². The first-order valence-corrected chi connectivity index (χ1v) is 6.93. The highest BCUT2D eigenvalue weighted by atomic mass is 16.3. The molecule has 2 aromatic carbocycles. The normalized spacial score (nSPS) is 10.8. The molecule has 0 fully saturated rings. The zero-order valence-electron chi connectivity index (χ0n) is 12.4. The van der Waals surface area contributed by atoms with Crippen LogP contribution in [-0.4, -0.2) is 5.91 Å². The molecule has 3 aromatic rings. The number of nitrogens with one attached hydrogen (secondary N) is 1. The summed E-state index contributed by atoms with van der Waals surface area (Å²) in [4.78, 5) is 12.5. The van der Waals surface area contributed by atoms with E-state index in [1.54, 1.807) is 0 Å². The Morgan fingerprint density at radius 2 is 1.81 bits per heavy atom. The van der Waals surface area contributed by atoms with Crippen molar-refractivity contribution in [2.24, 2.45) is 0 Å². The number of hydrogen-bond acceptors (Lipinski definition) is 2. The van der Waals surface area contributed by atoms with Gasteiger partial charge in [0.1, 0.15) is 5.58 Å². The van der Waals surface area contributed by atoms with E-state index in [-0.39, 0.29) is 5.91 Å². The molecule has 3 rings (SSSR count). The summed E-state index contributed by atoms with van der Waals surface area (Å²) < 4.78 is 5.69. The predicted octanol–water partition coefficient (Wildman–Crippen LogP) is 4.61. The van der Waals surface area contributed by atoms with E-state index in [0.29, 0.717) is 5.76 Å². The third-order valence-electron chi connectivity index (χ3n) is 3.69. The summed E-state index contributed by atoms with van der Waals surface area (Å²) in [5.41, 5.74) is 4.56. The molecule has 1 heterocycles. The number of amides is 1. The highest BCUT2D eigenvalue weighted by Gasteiger charge is 2.17.